The topological polar surface area (TPSA) is 178 Å². The zero-order valence-corrected chi connectivity index (χ0v) is 32.9. The predicted molar refractivity (Wildman–Crippen MR) is 194 cm³/mol. The van der Waals surface area contributed by atoms with E-state index in [1.165, 1.54) is 0 Å². The quantitative estimate of drug-likeness (QED) is 0.0478. The Bertz CT molecular complexity index is 1140. The van der Waals surface area contributed by atoms with Crippen molar-refractivity contribution >= 4 is 20.3 Å². The third kappa shape index (κ3) is 13.8. The van der Waals surface area contributed by atoms with Gasteiger partial charge in [0.1, 0.15) is 13.2 Å². The molecule has 6 N–H and O–H groups in total. The second-order valence-corrected chi connectivity index (χ2v) is 16.4. The van der Waals surface area contributed by atoms with E-state index in [2.05, 4.69) is 78.8 Å². The zero-order valence-electron chi connectivity index (χ0n) is 32.0. The first-order valence-corrected chi connectivity index (χ1v) is 18.3. The Balaban J connectivity index is 0.000000546. The molecule has 0 radical (unpaired) electrons. The third-order valence-corrected chi connectivity index (χ3v) is 10.8. The number of hydrogen-bond acceptors (Lipinski definition) is 12. The van der Waals surface area contributed by atoms with Crippen molar-refractivity contribution < 1.29 is 38.0 Å². The lowest BCUT2D eigenvalue weighted by Crippen LogP contribution is -2.45. The van der Waals surface area contributed by atoms with E-state index in [0.29, 0.717) is 37.4 Å². The Morgan fingerprint density at radius 1 is 0.820 bits per heavy atom. The molecule has 0 saturated carbocycles. The second-order valence-electron chi connectivity index (χ2n) is 15.0. The zero-order chi connectivity index (χ0) is 38.2. The fourth-order valence-electron chi connectivity index (χ4n) is 5.94. The highest BCUT2D eigenvalue weighted by atomic mass is 31.2. The van der Waals surface area contributed by atoms with Gasteiger partial charge in [-0.3, -0.25) is 14.4 Å². The molecule has 1 aliphatic heterocycles. The van der Waals surface area contributed by atoms with Crippen LogP contribution in [0.1, 0.15) is 103 Å². The largest absolute Gasteiger partial charge is 0.316 e. The van der Waals surface area contributed by atoms with Crippen LogP contribution in [0.3, 0.4) is 0 Å². The van der Waals surface area contributed by atoms with Gasteiger partial charge in [-0.2, -0.15) is 0 Å². The maximum Gasteiger partial charge on any atom is 0.285 e. The summed E-state index contributed by atoms with van der Waals surface area (Å²) < 4.78 is 14.3. The standard InChI is InChI=1S/C21H30N3O5P.C14H33N3O3/c1-7-17(29-30(28-13-12-22-6)24(15(2)3)16(4)5)14-27-23-20(25)18-10-8-9-11-19(18)21(23)26;1-13(2,3)11(8-19-16)10(7-18-15)12(9-20-17)14(4,5)6/h8-11,15-17H,7,12-14H2,1-5H3;10-12H,7-9,15-17H2,1-6H3. The van der Waals surface area contributed by atoms with Crippen molar-refractivity contribution in [1.29, 1.82) is 0 Å². The number of nitrogens with two attached hydrogens (primary N) is 3. The fraction of sp³-hybridized carbons (Fsp3) is 0.743. The molecule has 14 nitrogen and oxygen atoms in total. The van der Waals surface area contributed by atoms with Crippen molar-refractivity contribution in [2.45, 2.75) is 101 Å². The van der Waals surface area contributed by atoms with Crippen LogP contribution in [-0.2, 0) is 28.4 Å². The van der Waals surface area contributed by atoms with Gasteiger partial charge in [0.15, 0.2) is 0 Å². The van der Waals surface area contributed by atoms with Gasteiger partial charge in [-0.25, -0.2) is 28.9 Å². The molecule has 286 valence electrons. The van der Waals surface area contributed by atoms with Crippen LogP contribution < -0.4 is 17.7 Å². The molecule has 1 heterocycles. The van der Waals surface area contributed by atoms with Crippen molar-refractivity contribution in [1.82, 2.24) is 9.73 Å². The number of carbonyl (C=O) groups excluding carboxylic acids is 2. The Morgan fingerprint density at radius 2 is 1.28 bits per heavy atom. The molecule has 4 unspecified atom stereocenters. The molecular formula is C35H63N6O8P. The maximum atomic E-state index is 12.5. The average Bonchev–Trinajstić information content (AvgIpc) is 3.27. The smallest absolute Gasteiger partial charge is 0.285 e. The monoisotopic (exact) mass is 726 g/mol. The van der Waals surface area contributed by atoms with Gasteiger partial charge in [0, 0.05) is 12.1 Å². The highest BCUT2D eigenvalue weighted by molar-refractivity contribution is 7.44. The number of benzene rings is 1. The second kappa shape index (κ2) is 22.1. The maximum absolute atomic E-state index is 12.5. The fourth-order valence-corrected chi connectivity index (χ4v) is 7.70. The molecule has 0 saturated heterocycles. The minimum atomic E-state index is -1.43. The first-order chi connectivity index (χ1) is 23.4. The van der Waals surface area contributed by atoms with Gasteiger partial charge in [0.25, 0.3) is 20.3 Å². The number of hydrogen-bond donors (Lipinski definition) is 3. The van der Waals surface area contributed by atoms with Gasteiger partial charge in [-0.05, 0) is 74.8 Å². The predicted octanol–water partition coefficient (Wildman–Crippen LogP) is 5.89. The molecule has 2 rings (SSSR count). The normalized spacial score (nSPS) is 16.6. The number of fused-ring (bicyclic) bond motifs is 1. The van der Waals surface area contributed by atoms with E-state index in [1.807, 2.05) is 6.92 Å². The summed E-state index contributed by atoms with van der Waals surface area (Å²) in [7, 11) is -1.43. The third-order valence-electron chi connectivity index (χ3n) is 8.59. The van der Waals surface area contributed by atoms with Crippen LogP contribution in [-0.4, -0.2) is 79.3 Å². The molecule has 1 aromatic carbocycles. The van der Waals surface area contributed by atoms with E-state index in [1.54, 1.807) is 24.3 Å². The number of amides is 2. The van der Waals surface area contributed by atoms with Crippen molar-refractivity contribution in [3.05, 3.63) is 46.8 Å². The molecule has 50 heavy (non-hydrogen) atoms. The first kappa shape index (κ1) is 45.9. The summed E-state index contributed by atoms with van der Waals surface area (Å²) in [6.07, 6.45) is 0.228. The highest BCUT2D eigenvalue weighted by Gasteiger charge is 2.42. The van der Waals surface area contributed by atoms with Crippen molar-refractivity contribution in [2.24, 2.45) is 46.3 Å². The number of rotatable bonds is 20. The van der Waals surface area contributed by atoms with Crippen molar-refractivity contribution in [3.8, 4) is 0 Å². The van der Waals surface area contributed by atoms with E-state index >= 15 is 0 Å². The summed E-state index contributed by atoms with van der Waals surface area (Å²) in [6.45, 7) is 32.0. The van der Waals surface area contributed by atoms with Gasteiger partial charge in [-0.15, -0.1) is 5.06 Å². The summed E-state index contributed by atoms with van der Waals surface area (Å²) in [5, 5.41) is 0.807. The molecule has 2 amide bonds. The lowest BCUT2D eigenvalue weighted by atomic mass is 9.63. The minimum Gasteiger partial charge on any atom is -0.316 e. The van der Waals surface area contributed by atoms with Gasteiger partial charge in [-0.1, -0.05) is 60.6 Å². The minimum absolute atomic E-state index is 0.000660. The number of carbonyl (C=O) groups is 2. The molecule has 4 atom stereocenters. The van der Waals surface area contributed by atoms with Crippen LogP contribution in [0.15, 0.2) is 24.3 Å². The summed E-state index contributed by atoms with van der Waals surface area (Å²) in [6, 6.07) is 7.01. The van der Waals surface area contributed by atoms with Crippen LogP contribution in [0.2, 0.25) is 0 Å². The van der Waals surface area contributed by atoms with E-state index < -0.39 is 20.3 Å². The van der Waals surface area contributed by atoms with Crippen LogP contribution in [0.4, 0.5) is 0 Å². The van der Waals surface area contributed by atoms with E-state index in [0.717, 1.165) is 5.06 Å². The molecule has 0 aromatic heterocycles. The van der Waals surface area contributed by atoms with Gasteiger partial charge >= 0.3 is 0 Å². The summed E-state index contributed by atoms with van der Waals surface area (Å²) in [5.74, 6) is 15.5. The van der Waals surface area contributed by atoms with Crippen LogP contribution in [0.5, 0.6) is 0 Å². The molecule has 1 aliphatic rings. The molecule has 0 fully saturated rings. The Morgan fingerprint density at radius 3 is 1.64 bits per heavy atom. The van der Waals surface area contributed by atoms with Crippen molar-refractivity contribution in [2.75, 3.05) is 39.6 Å². The lowest BCUT2D eigenvalue weighted by molar-refractivity contribution is -0.113. The number of imide groups is 1. The molecule has 15 heteroatoms. The van der Waals surface area contributed by atoms with Crippen LogP contribution in [0.25, 0.3) is 4.85 Å². The molecule has 0 spiro atoms. The van der Waals surface area contributed by atoms with Gasteiger partial charge in [0.05, 0.1) is 37.1 Å². The molecule has 1 aromatic rings. The number of hydroxylamine groups is 2. The Kier molecular flexibility index (Phi) is 20.3. The molecule has 0 aliphatic carbocycles. The van der Waals surface area contributed by atoms with E-state index in [-0.39, 0.29) is 66.5 Å². The summed E-state index contributed by atoms with van der Waals surface area (Å²) >= 11 is 0. The summed E-state index contributed by atoms with van der Waals surface area (Å²) in [4.78, 5) is 48.7. The van der Waals surface area contributed by atoms with Crippen LogP contribution >= 0.6 is 8.53 Å². The van der Waals surface area contributed by atoms with E-state index in [4.69, 9.17) is 52.7 Å². The van der Waals surface area contributed by atoms with E-state index in [9.17, 15) is 9.59 Å². The lowest BCUT2D eigenvalue weighted by Gasteiger charge is -2.44. The average molecular weight is 727 g/mol. The first-order valence-electron chi connectivity index (χ1n) is 17.2. The SMILES string of the molecule is CC(C)(C)C(CON)C(CON)C(CON)C(C)(C)C.[C-]#[N+]CCOP(OC(CC)CON1C(=O)c2ccccc2C1=O)N(C(C)C)C(C)C. The Hall–Kier alpha value is -2.12. The van der Waals surface area contributed by atoms with Crippen LogP contribution in [0, 0.1) is 35.2 Å². The molecule has 0 bridgehead atoms. The summed E-state index contributed by atoms with van der Waals surface area (Å²) in [5.41, 5.74) is 0.681. The highest BCUT2D eigenvalue weighted by Crippen LogP contribution is 2.47. The van der Waals surface area contributed by atoms with Gasteiger partial charge in [0.2, 0.25) is 6.54 Å². The Labute approximate surface area is 301 Å². The van der Waals surface area contributed by atoms with Crippen molar-refractivity contribution in [3.63, 3.8) is 0 Å². The number of nitrogens with zero attached hydrogens (tertiary/aromatic N) is 3. The van der Waals surface area contributed by atoms with Gasteiger partial charge < -0.3 is 28.4 Å². The molecular weight excluding hydrogens is 663 g/mol.